The molecule has 1 fully saturated rings. The Balaban J connectivity index is 1.66. The molecule has 1 aliphatic rings. The molecule has 0 aromatic carbocycles. The van der Waals surface area contributed by atoms with Gasteiger partial charge in [0.15, 0.2) is 0 Å². The van der Waals surface area contributed by atoms with Gasteiger partial charge in [-0.25, -0.2) is 18.1 Å². The van der Waals surface area contributed by atoms with E-state index in [9.17, 15) is 21.6 Å². The first-order chi connectivity index (χ1) is 11.6. The van der Waals surface area contributed by atoms with Crippen molar-refractivity contribution in [3.05, 3.63) is 40.9 Å². The lowest BCUT2D eigenvalue weighted by molar-refractivity contribution is -0.137. The smallest absolute Gasteiger partial charge is 0.355 e. The van der Waals surface area contributed by atoms with Crippen LogP contribution < -0.4 is 9.62 Å². The van der Waals surface area contributed by atoms with E-state index in [0.29, 0.717) is 25.3 Å². The van der Waals surface area contributed by atoms with Gasteiger partial charge >= 0.3 is 6.18 Å². The van der Waals surface area contributed by atoms with Crippen molar-refractivity contribution < 1.29 is 21.6 Å². The zero-order chi connectivity index (χ0) is 18.2. The number of aromatic nitrogens is 1. The molecule has 2 aromatic rings. The van der Waals surface area contributed by atoms with Crippen LogP contribution >= 0.6 is 11.3 Å². The number of pyridine rings is 1. The minimum atomic E-state index is -4.42. The molecular weight excluding hydrogens is 375 g/mol. The van der Waals surface area contributed by atoms with Crippen LogP contribution in [0.5, 0.6) is 0 Å². The molecule has 0 bridgehead atoms. The molecule has 1 atom stereocenters. The summed E-state index contributed by atoms with van der Waals surface area (Å²) in [5, 5.41) is 0. The molecule has 0 spiro atoms. The van der Waals surface area contributed by atoms with Crippen molar-refractivity contribution in [1.82, 2.24) is 9.71 Å². The highest BCUT2D eigenvalue weighted by atomic mass is 32.2. The van der Waals surface area contributed by atoms with Crippen molar-refractivity contribution >= 4 is 27.2 Å². The molecule has 0 amide bonds. The normalized spacial score (nSPS) is 18.7. The fourth-order valence-corrected chi connectivity index (χ4v) is 5.20. The summed E-state index contributed by atoms with van der Waals surface area (Å²) in [5.74, 6) is 0.404. The topological polar surface area (TPSA) is 62.3 Å². The highest BCUT2D eigenvalue weighted by Gasteiger charge is 2.32. The molecule has 0 saturated carbocycles. The van der Waals surface area contributed by atoms with Crippen molar-refractivity contribution in [3.63, 3.8) is 0 Å². The lowest BCUT2D eigenvalue weighted by Gasteiger charge is -2.18. The van der Waals surface area contributed by atoms with Crippen LogP contribution in [0.4, 0.5) is 19.0 Å². The van der Waals surface area contributed by atoms with Crippen LogP contribution in [0.1, 0.15) is 16.9 Å². The molecule has 5 nitrogen and oxygen atoms in total. The summed E-state index contributed by atoms with van der Waals surface area (Å²) in [6.07, 6.45) is -3.07. The Labute approximate surface area is 147 Å². The number of halogens is 3. The van der Waals surface area contributed by atoms with Crippen molar-refractivity contribution in [3.8, 4) is 0 Å². The van der Waals surface area contributed by atoms with Crippen LogP contribution in [0.15, 0.2) is 34.7 Å². The first kappa shape index (κ1) is 18.2. The summed E-state index contributed by atoms with van der Waals surface area (Å²) in [6, 6.07) is 5.28. The number of rotatable bonds is 4. The van der Waals surface area contributed by atoms with Gasteiger partial charge in [-0.2, -0.15) is 13.2 Å². The molecule has 0 radical (unpaired) electrons. The largest absolute Gasteiger partial charge is 0.417 e. The zero-order valence-electron chi connectivity index (χ0n) is 13.2. The number of nitrogens with zero attached hydrogens (tertiary/aromatic N) is 2. The Morgan fingerprint density at radius 3 is 2.60 bits per heavy atom. The third kappa shape index (κ3) is 4.13. The van der Waals surface area contributed by atoms with E-state index in [1.165, 1.54) is 17.4 Å². The number of alkyl halides is 3. The first-order valence-electron chi connectivity index (χ1n) is 7.52. The number of nitrogens with one attached hydrogen (secondary N) is 1. The quantitative estimate of drug-likeness (QED) is 0.870. The fraction of sp³-hybridized carbons (Fsp3) is 0.400. The van der Waals surface area contributed by atoms with E-state index in [2.05, 4.69) is 9.71 Å². The second kappa shape index (κ2) is 6.58. The van der Waals surface area contributed by atoms with Crippen LogP contribution in [-0.2, 0) is 16.2 Å². The molecule has 2 aromatic heterocycles. The van der Waals surface area contributed by atoms with Gasteiger partial charge in [-0.15, -0.1) is 11.3 Å². The zero-order valence-corrected chi connectivity index (χ0v) is 14.9. The minimum Gasteiger partial charge on any atom is -0.355 e. The van der Waals surface area contributed by atoms with Gasteiger partial charge in [0.2, 0.25) is 10.0 Å². The summed E-state index contributed by atoms with van der Waals surface area (Å²) in [5.41, 5.74) is -0.805. The number of sulfonamides is 1. The maximum Gasteiger partial charge on any atom is 0.417 e. The van der Waals surface area contributed by atoms with Crippen LogP contribution in [0, 0.1) is 6.92 Å². The SMILES string of the molecule is Cc1ccc(S(=O)(=O)N[C@H]2CCN(c3ccc(C(F)(F)F)cn3)C2)s1. The van der Waals surface area contributed by atoms with Crippen molar-refractivity contribution in [2.75, 3.05) is 18.0 Å². The van der Waals surface area contributed by atoms with E-state index in [-0.39, 0.29) is 10.3 Å². The fourth-order valence-electron chi connectivity index (χ4n) is 2.64. The summed E-state index contributed by atoms with van der Waals surface area (Å²) in [6.45, 7) is 2.72. The van der Waals surface area contributed by atoms with Crippen LogP contribution in [-0.4, -0.2) is 32.5 Å². The average molecular weight is 391 g/mol. The number of hydrogen-bond donors (Lipinski definition) is 1. The molecule has 0 unspecified atom stereocenters. The lowest BCUT2D eigenvalue weighted by atomic mass is 10.3. The van der Waals surface area contributed by atoms with Gasteiger partial charge in [-0.05, 0) is 37.6 Å². The monoisotopic (exact) mass is 391 g/mol. The lowest BCUT2D eigenvalue weighted by Crippen LogP contribution is -2.36. The van der Waals surface area contributed by atoms with E-state index in [0.717, 1.165) is 17.1 Å². The van der Waals surface area contributed by atoms with E-state index in [1.807, 2.05) is 6.92 Å². The average Bonchev–Trinajstić information content (AvgIpc) is 3.16. The molecule has 25 heavy (non-hydrogen) atoms. The van der Waals surface area contributed by atoms with E-state index in [4.69, 9.17) is 0 Å². The highest BCUT2D eigenvalue weighted by Crippen LogP contribution is 2.30. The van der Waals surface area contributed by atoms with E-state index in [1.54, 1.807) is 17.0 Å². The van der Waals surface area contributed by atoms with Gasteiger partial charge in [-0.1, -0.05) is 0 Å². The molecule has 0 aliphatic carbocycles. The standard InChI is InChI=1S/C15H16F3N3O2S2/c1-10-2-5-14(24-10)25(22,23)20-12-6-7-21(9-12)13-4-3-11(8-19-13)15(16,17)18/h2-5,8,12,20H,6-7,9H2,1H3/t12-/m0/s1. The first-order valence-corrected chi connectivity index (χ1v) is 9.82. The predicted molar refractivity (Wildman–Crippen MR) is 89.2 cm³/mol. The van der Waals surface area contributed by atoms with E-state index < -0.39 is 21.8 Å². The summed E-state index contributed by atoms with van der Waals surface area (Å²) in [7, 11) is -3.58. The summed E-state index contributed by atoms with van der Waals surface area (Å²) < 4.78 is 65.3. The van der Waals surface area contributed by atoms with Gasteiger partial charge in [-0.3, -0.25) is 0 Å². The Kier molecular flexibility index (Phi) is 4.78. The summed E-state index contributed by atoms with van der Waals surface area (Å²) in [4.78, 5) is 6.53. The van der Waals surface area contributed by atoms with Crippen LogP contribution in [0.3, 0.4) is 0 Å². The Bertz CT molecular complexity index is 848. The maximum absolute atomic E-state index is 12.6. The molecular formula is C15H16F3N3O2S2. The molecule has 1 saturated heterocycles. The van der Waals surface area contributed by atoms with Crippen molar-refractivity contribution in [1.29, 1.82) is 0 Å². The Morgan fingerprint density at radius 2 is 2.04 bits per heavy atom. The molecule has 10 heteroatoms. The van der Waals surface area contributed by atoms with E-state index >= 15 is 0 Å². The van der Waals surface area contributed by atoms with Gasteiger partial charge in [0.1, 0.15) is 10.0 Å². The molecule has 3 heterocycles. The van der Waals surface area contributed by atoms with Crippen molar-refractivity contribution in [2.24, 2.45) is 0 Å². The molecule has 1 aliphatic heterocycles. The van der Waals surface area contributed by atoms with Crippen LogP contribution in [0.2, 0.25) is 0 Å². The highest BCUT2D eigenvalue weighted by molar-refractivity contribution is 7.91. The number of aryl methyl sites for hydroxylation is 1. The second-order valence-corrected chi connectivity index (χ2v) is 9.05. The van der Waals surface area contributed by atoms with Gasteiger partial charge < -0.3 is 4.90 Å². The van der Waals surface area contributed by atoms with Gasteiger partial charge in [0.05, 0.1) is 5.56 Å². The van der Waals surface area contributed by atoms with Gasteiger partial charge in [0, 0.05) is 30.2 Å². The van der Waals surface area contributed by atoms with Crippen molar-refractivity contribution in [2.45, 2.75) is 29.8 Å². The number of hydrogen-bond acceptors (Lipinski definition) is 5. The number of anilines is 1. The Morgan fingerprint density at radius 1 is 1.28 bits per heavy atom. The minimum absolute atomic E-state index is 0.260. The molecule has 136 valence electrons. The third-order valence-electron chi connectivity index (χ3n) is 3.89. The Hall–Kier alpha value is -1.65. The second-order valence-electron chi connectivity index (χ2n) is 5.82. The number of thiophene rings is 1. The maximum atomic E-state index is 12.6. The summed E-state index contributed by atoms with van der Waals surface area (Å²) >= 11 is 1.20. The third-order valence-corrected chi connectivity index (χ3v) is 6.90. The molecule has 1 N–H and O–H groups in total. The molecule has 3 rings (SSSR count). The van der Waals surface area contributed by atoms with Crippen LogP contribution in [0.25, 0.3) is 0 Å². The van der Waals surface area contributed by atoms with Gasteiger partial charge in [0.25, 0.3) is 0 Å². The predicted octanol–water partition coefficient (Wildman–Crippen LogP) is 3.03.